The highest BCUT2D eigenvalue weighted by atomic mass is 16.7. The van der Waals surface area contributed by atoms with Gasteiger partial charge in [0.05, 0.1) is 40.3 Å². The summed E-state index contributed by atoms with van der Waals surface area (Å²) in [7, 11) is 5.90. The van der Waals surface area contributed by atoms with E-state index in [9.17, 15) is 19.5 Å². The predicted molar refractivity (Wildman–Crippen MR) is 406 cm³/mol. The van der Waals surface area contributed by atoms with Crippen LogP contribution in [0, 0.1) is 0 Å². The lowest BCUT2D eigenvalue weighted by atomic mass is 10.1. The quantitative estimate of drug-likeness (QED) is 0.0195. The van der Waals surface area contributed by atoms with Crippen molar-refractivity contribution >= 4 is 17.9 Å². The molecule has 2 atom stereocenters. The summed E-state index contributed by atoms with van der Waals surface area (Å²) in [6.45, 7) is 4.43. The van der Waals surface area contributed by atoms with Crippen molar-refractivity contribution < 1.29 is 42.9 Å². The first-order chi connectivity index (χ1) is 46.6. The number of carboxylic acid groups (broad SMARTS) is 1. The summed E-state index contributed by atoms with van der Waals surface area (Å²) < 4.78 is 22.7. The molecule has 0 aromatic rings. The maximum atomic E-state index is 12.9. The number of carbonyl (C=O) groups excluding carboxylic acids is 3. The minimum Gasteiger partial charge on any atom is -0.545 e. The second-order valence-electron chi connectivity index (χ2n) is 24.4. The number of carboxylic acids is 1. The summed E-state index contributed by atoms with van der Waals surface area (Å²) in [5.41, 5.74) is 0. The van der Waals surface area contributed by atoms with Crippen LogP contribution in [0.4, 0.5) is 0 Å². The molecule has 0 aliphatic rings. The SMILES string of the molecule is CC/C=C\C/C=C\C/C=C\C/C=C\C/C=C\C/C=C\C/C=C\C/C=C\C/C=C\C/C=C\CCCCCCCCCCC(=O)OC(COC(=O)CCCCC/C=C\C/C=C\C/C=C\C/C=C\C/C=C\C/C=C\C/C=C\C/C=C\C/C=C\CC)COC(OCC[N+](C)(C)C)C(=O)[O-]. The van der Waals surface area contributed by atoms with E-state index in [1.54, 1.807) is 0 Å². The molecule has 0 bridgehead atoms. The first kappa shape index (κ1) is 88.4. The number of aliphatic carboxylic acids is 1. The van der Waals surface area contributed by atoms with Crippen LogP contribution in [0.2, 0.25) is 0 Å². The zero-order valence-electron chi connectivity index (χ0n) is 60.2. The third-order valence-corrected chi connectivity index (χ3v) is 14.4. The van der Waals surface area contributed by atoms with Crippen LogP contribution in [0.25, 0.3) is 0 Å². The van der Waals surface area contributed by atoms with Crippen LogP contribution < -0.4 is 5.11 Å². The normalized spacial score (nSPS) is 14.1. The number of esters is 2. The van der Waals surface area contributed by atoms with Crippen molar-refractivity contribution in [2.75, 3.05) is 47.5 Å². The van der Waals surface area contributed by atoms with Gasteiger partial charge in [-0.1, -0.05) is 290 Å². The molecule has 95 heavy (non-hydrogen) atoms. The molecule has 0 aliphatic carbocycles. The van der Waals surface area contributed by atoms with E-state index in [-0.39, 0.29) is 32.7 Å². The molecule has 0 aromatic carbocycles. The fraction of sp³-hybridized carbons (Fsp3) is 0.523. The maximum Gasteiger partial charge on any atom is 0.306 e. The van der Waals surface area contributed by atoms with Crippen LogP contribution in [0.3, 0.4) is 0 Å². The Hall–Kier alpha value is -6.65. The highest BCUT2D eigenvalue weighted by Gasteiger charge is 2.22. The average molecular weight is 1310 g/mol. The van der Waals surface area contributed by atoms with E-state index in [2.05, 4.69) is 245 Å². The number of rotatable bonds is 64. The Morgan fingerprint density at radius 2 is 0.568 bits per heavy atom. The van der Waals surface area contributed by atoms with Crippen molar-refractivity contribution in [2.45, 2.75) is 245 Å². The van der Waals surface area contributed by atoms with E-state index in [1.807, 2.05) is 21.1 Å². The molecule has 528 valence electrons. The van der Waals surface area contributed by atoms with Gasteiger partial charge in [0.2, 0.25) is 0 Å². The van der Waals surface area contributed by atoms with Crippen molar-refractivity contribution in [2.24, 2.45) is 0 Å². The molecule has 0 aromatic heterocycles. The van der Waals surface area contributed by atoms with Gasteiger partial charge in [-0.3, -0.25) is 9.59 Å². The molecule has 0 saturated heterocycles. The molecule has 0 spiro atoms. The zero-order chi connectivity index (χ0) is 69.0. The Labute approximate surface area is 580 Å². The lowest BCUT2D eigenvalue weighted by molar-refractivity contribution is -0.870. The van der Waals surface area contributed by atoms with Gasteiger partial charge in [0.1, 0.15) is 13.2 Å². The molecular formula is C86H131NO8. The third kappa shape index (κ3) is 74.6. The summed E-state index contributed by atoms with van der Waals surface area (Å²) in [4.78, 5) is 37.5. The molecule has 9 nitrogen and oxygen atoms in total. The number of ether oxygens (including phenoxy) is 4. The van der Waals surface area contributed by atoms with Crippen molar-refractivity contribution in [3.63, 3.8) is 0 Å². The molecule has 0 heterocycles. The van der Waals surface area contributed by atoms with Crippen LogP contribution in [-0.4, -0.2) is 82.3 Å². The Bertz CT molecular complexity index is 2420. The third-order valence-electron chi connectivity index (χ3n) is 14.4. The van der Waals surface area contributed by atoms with E-state index in [1.165, 1.54) is 25.7 Å². The van der Waals surface area contributed by atoms with Crippen LogP contribution in [0.5, 0.6) is 0 Å². The lowest BCUT2D eigenvalue weighted by Crippen LogP contribution is -2.44. The number of carbonyl (C=O) groups is 3. The second kappa shape index (κ2) is 73.2. The number of allylic oxidation sites excluding steroid dienone is 38. The molecule has 0 radical (unpaired) electrons. The zero-order valence-corrected chi connectivity index (χ0v) is 60.2. The first-order valence-electron chi connectivity index (χ1n) is 36.5. The fourth-order valence-corrected chi connectivity index (χ4v) is 8.91. The highest BCUT2D eigenvalue weighted by molar-refractivity contribution is 5.70. The number of unbranched alkanes of at least 4 members (excludes halogenated alkanes) is 11. The van der Waals surface area contributed by atoms with Crippen LogP contribution in [-0.2, 0) is 33.3 Å². The molecule has 0 N–H and O–H groups in total. The monoisotopic (exact) mass is 1310 g/mol. The van der Waals surface area contributed by atoms with E-state index in [0.717, 1.165) is 167 Å². The molecular weight excluding hydrogens is 1170 g/mol. The van der Waals surface area contributed by atoms with Gasteiger partial charge in [-0.05, 0) is 161 Å². The Balaban J connectivity index is 4.28. The van der Waals surface area contributed by atoms with E-state index in [0.29, 0.717) is 23.9 Å². The number of likely N-dealkylation sites (N-methyl/N-ethyl adjacent to an activating group) is 1. The van der Waals surface area contributed by atoms with Crippen molar-refractivity contribution in [1.29, 1.82) is 0 Å². The number of hydrogen-bond donors (Lipinski definition) is 0. The largest absolute Gasteiger partial charge is 0.545 e. The smallest absolute Gasteiger partial charge is 0.306 e. The lowest BCUT2D eigenvalue weighted by Gasteiger charge is -2.26. The Kier molecular flexibility index (Phi) is 68.0. The van der Waals surface area contributed by atoms with Crippen LogP contribution in [0.15, 0.2) is 231 Å². The van der Waals surface area contributed by atoms with Crippen molar-refractivity contribution in [3.05, 3.63) is 231 Å². The van der Waals surface area contributed by atoms with Crippen LogP contribution >= 0.6 is 0 Å². The van der Waals surface area contributed by atoms with Gasteiger partial charge in [0.25, 0.3) is 0 Å². The van der Waals surface area contributed by atoms with Gasteiger partial charge >= 0.3 is 11.9 Å². The summed E-state index contributed by atoms with van der Waals surface area (Å²) >= 11 is 0. The van der Waals surface area contributed by atoms with Crippen molar-refractivity contribution in [3.8, 4) is 0 Å². The predicted octanol–water partition coefficient (Wildman–Crippen LogP) is 22.1. The maximum absolute atomic E-state index is 12.9. The van der Waals surface area contributed by atoms with Gasteiger partial charge in [0.15, 0.2) is 12.4 Å². The topological polar surface area (TPSA) is 111 Å². The van der Waals surface area contributed by atoms with Gasteiger partial charge < -0.3 is 33.3 Å². The molecule has 2 unspecified atom stereocenters. The molecule has 0 rings (SSSR count). The second-order valence-corrected chi connectivity index (χ2v) is 24.4. The van der Waals surface area contributed by atoms with E-state index in [4.69, 9.17) is 18.9 Å². The average Bonchev–Trinajstić information content (AvgIpc) is 2.92. The fourth-order valence-electron chi connectivity index (χ4n) is 8.91. The van der Waals surface area contributed by atoms with E-state index < -0.39 is 30.3 Å². The number of hydrogen-bond acceptors (Lipinski definition) is 8. The molecule has 0 amide bonds. The molecule has 0 fully saturated rings. The number of quaternary nitrogens is 1. The Morgan fingerprint density at radius 1 is 0.316 bits per heavy atom. The highest BCUT2D eigenvalue weighted by Crippen LogP contribution is 2.14. The van der Waals surface area contributed by atoms with Crippen LogP contribution in [0.1, 0.15) is 232 Å². The van der Waals surface area contributed by atoms with Gasteiger partial charge in [0, 0.05) is 12.8 Å². The molecule has 0 saturated carbocycles. The first-order valence-corrected chi connectivity index (χ1v) is 36.5. The summed E-state index contributed by atoms with van der Waals surface area (Å²) in [5, 5.41) is 11.8. The minimum atomic E-state index is -1.65. The standard InChI is InChI=1S/C86H131NO8/c1-6-8-10-12-14-16-18-20-22-24-26-28-30-32-34-36-38-39-40-41-42-43-44-45-47-49-51-53-55-57-59-61-63-65-67-69-71-73-75-77-84(89)95-82(81-94-86(85(90)91)92-79-78-87(3,4)5)80-93-83(88)76-74-72-70-68-66-64-62-60-58-56-54-52-50-48-46-37-35-33-31-29-27-25-23-21-19-17-15-13-11-9-7-2/h8-11,14-17,20-23,26-29,32-35,38-39,41-42,44-46,48-49,51-52,54-55,57-58,60,64,66,82,86H,6-7,12-13,18-19,24-25,30-31,36-37,40,43,47,50,53,56,59,61-63,65,67-81H2,1-5H3/b10-8-,11-9-,16-14-,17-15-,22-20-,23-21-,28-26-,29-27-,34-32-,35-33-,39-38-,42-41-,45-44-,48-46-,51-49-,54-52-,57-55-,60-58-,66-64-. The summed E-state index contributed by atoms with van der Waals surface area (Å²) in [6.07, 6.45) is 114. The molecule has 9 heteroatoms. The Morgan fingerprint density at radius 3 is 0.853 bits per heavy atom. The number of nitrogens with zero attached hydrogens (tertiary/aromatic N) is 1. The molecule has 0 aliphatic heterocycles. The van der Waals surface area contributed by atoms with Gasteiger partial charge in [-0.15, -0.1) is 0 Å². The minimum absolute atomic E-state index is 0.127. The van der Waals surface area contributed by atoms with E-state index >= 15 is 0 Å². The summed E-state index contributed by atoms with van der Waals surface area (Å²) in [5.74, 6) is -2.37. The van der Waals surface area contributed by atoms with Gasteiger partial charge in [-0.25, -0.2) is 0 Å². The summed E-state index contributed by atoms with van der Waals surface area (Å²) in [6, 6.07) is 0. The van der Waals surface area contributed by atoms with Gasteiger partial charge in [-0.2, -0.15) is 0 Å². The van der Waals surface area contributed by atoms with Crippen molar-refractivity contribution in [1.82, 2.24) is 0 Å².